The number of alkyl halides is 1. The SMILES string of the molecule is CC(F)(C(N)=O)c1ccccc1-c1ccc(F)cc1. The fourth-order valence-electron chi connectivity index (χ4n) is 1.91. The number of benzene rings is 2. The summed E-state index contributed by atoms with van der Waals surface area (Å²) < 4.78 is 27.3. The van der Waals surface area contributed by atoms with E-state index < -0.39 is 11.6 Å². The van der Waals surface area contributed by atoms with Crippen molar-refractivity contribution in [2.24, 2.45) is 5.73 Å². The van der Waals surface area contributed by atoms with E-state index in [-0.39, 0.29) is 11.4 Å². The minimum absolute atomic E-state index is 0.175. The van der Waals surface area contributed by atoms with Crippen molar-refractivity contribution in [3.05, 3.63) is 59.9 Å². The van der Waals surface area contributed by atoms with Gasteiger partial charge < -0.3 is 5.73 Å². The number of carbonyl (C=O) groups excluding carboxylic acids is 1. The second kappa shape index (κ2) is 4.80. The zero-order valence-electron chi connectivity index (χ0n) is 10.4. The van der Waals surface area contributed by atoms with E-state index in [1.54, 1.807) is 18.2 Å². The maximum absolute atomic E-state index is 14.4. The summed E-state index contributed by atoms with van der Waals surface area (Å²) in [5.41, 5.74) is 4.15. The van der Waals surface area contributed by atoms with Gasteiger partial charge in [0.1, 0.15) is 5.82 Å². The molecule has 2 nitrogen and oxygen atoms in total. The van der Waals surface area contributed by atoms with Crippen LogP contribution in [0.4, 0.5) is 8.78 Å². The van der Waals surface area contributed by atoms with E-state index in [1.807, 2.05) is 0 Å². The Morgan fingerprint density at radius 3 is 2.26 bits per heavy atom. The van der Waals surface area contributed by atoms with Gasteiger partial charge in [-0.1, -0.05) is 36.4 Å². The lowest BCUT2D eigenvalue weighted by molar-refractivity contribution is -0.128. The highest BCUT2D eigenvalue weighted by Gasteiger charge is 2.35. The number of hydrogen-bond acceptors (Lipinski definition) is 1. The van der Waals surface area contributed by atoms with Gasteiger partial charge >= 0.3 is 0 Å². The monoisotopic (exact) mass is 261 g/mol. The molecule has 19 heavy (non-hydrogen) atoms. The van der Waals surface area contributed by atoms with Crippen LogP contribution in [0.15, 0.2) is 48.5 Å². The van der Waals surface area contributed by atoms with Crippen LogP contribution in [0, 0.1) is 5.82 Å². The summed E-state index contributed by atoms with van der Waals surface area (Å²) in [6, 6.07) is 12.2. The largest absolute Gasteiger partial charge is 0.367 e. The average Bonchev–Trinajstić information content (AvgIpc) is 2.39. The molecule has 0 aliphatic carbocycles. The van der Waals surface area contributed by atoms with E-state index in [4.69, 9.17) is 5.73 Å². The normalized spacial score (nSPS) is 13.8. The second-order valence-corrected chi connectivity index (χ2v) is 4.42. The van der Waals surface area contributed by atoms with E-state index in [2.05, 4.69) is 0 Å². The summed E-state index contributed by atoms with van der Waals surface area (Å²) in [5.74, 6) is -1.43. The molecule has 0 spiro atoms. The molecular formula is C15H13F2NO. The van der Waals surface area contributed by atoms with E-state index in [0.717, 1.165) is 6.92 Å². The summed E-state index contributed by atoms with van der Waals surface area (Å²) in [4.78, 5) is 11.2. The van der Waals surface area contributed by atoms with Crippen LogP contribution in [0.5, 0.6) is 0 Å². The lowest BCUT2D eigenvalue weighted by Crippen LogP contribution is -2.34. The van der Waals surface area contributed by atoms with Crippen molar-refractivity contribution in [3.63, 3.8) is 0 Å². The van der Waals surface area contributed by atoms with Gasteiger partial charge in [0.15, 0.2) is 0 Å². The number of rotatable bonds is 3. The fraction of sp³-hybridized carbons (Fsp3) is 0.133. The predicted octanol–water partition coefficient (Wildman–Crippen LogP) is 3.16. The van der Waals surface area contributed by atoms with Gasteiger partial charge in [-0.25, -0.2) is 8.78 Å². The van der Waals surface area contributed by atoms with Gasteiger partial charge in [-0.2, -0.15) is 0 Å². The van der Waals surface area contributed by atoms with Crippen LogP contribution >= 0.6 is 0 Å². The summed E-state index contributed by atoms with van der Waals surface area (Å²) in [6.07, 6.45) is 0. The third-order valence-corrected chi connectivity index (χ3v) is 3.05. The molecule has 0 fully saturated rings. The first-order valence-corrected chi connectivity index (χ1v) is 5.77. The Labute approximate surface area is 109 Å². The first-order chi connectivity index (χ1) is 8.93. The minimum atomic E-state index is -2.27. The van der Waals surface area contributed by atoms with Crippen molar-refractivity contribution in [1.29, 1.82) is 0 Å². The Balaban J connectivity index is 2.59. The molecule has 2 N–H and O–H groups in total. The van der Waals surface area contributed by atoms with Crippen molar-refractivity contribution in [3.8, 4) is 11.1 Å². The Kier molecular flexibility index (Phi) is 3.34. The molecule has 0 radical (unpaired) electrons. The molecule has 1 unspecified atom stereocenters. The van der Waals surface area contributed by atoms with Crippen LogP contribution in [0.3, 0.4) is 0 Å². The van der Waals surface area contributed by atoms with Crippen LogP contribution in [0.25, 0.3) is 11.1 Å². The Hall–Kier alpha value is -2.23. The molecule has 0 aliphatic heterocycles. The molecule has 98 valence electrons. The van der Waals surface area contributed by atoms with Gasteiger partial charge in [-0.15, -0.1) is 0 Å². The third kappa shape index (κ3) is 2.47. The maximum atomic E-state index is 14.4. The highest BCUT2D eigenvalue weighted by molar-refractivity contribution is 5.87. The van der Waals surface area contributed by atoms with Crippen molar-refractivity contribution >= 4 is 5.91 Å². The molecule has 0 heterocycles. The molecule has 2 aromatic carbocycles. The van der Waals surface area contributed by atoms with Gasteiger partial charge in [-0.3, -0.25) is 4.79 Å². The second-order valence-electron chi connectivity index (χ2n) is 4.42. The lowest BCUT2D eigenvalue weighted by atomic mass is 9.89. The number of halogens is 2. The molecule has 0 aliphatic rings. The molecule has 4 heteroatoms. The van der Waals surface area contributed by atoms with Crippen LogP contribution in [-0.4, -0.2) is 5.91 Å². The molecule has 0 saturated carbocycles. The van der Waals surface area contributed by atoms with Crippen molar-refractivity contribution in [1.82, 2.24) is 0 Å². The third-order valence-electron chi connectivity index (χ3n) is 3.05. The molecule has 2 aromatic rings. The number of hydrogen-bond donors (Lipinski definition) is 1. The molecule has 0 aromatic heterocycles. The van der Waals surface area contributed by atoms with Crippen LogP contribution in [0.1, 0.15) is 12.5 Å². The van der Waals surface area contributed by atoms with E-state index in [0.29, 0.717) is 11.1 Å². The number of amides is 1. The highest BCUT2D eigenvalue weighted by atomic mass is 19.1. The van der Waals surface area contributed by atoms with Gasteiger partial charge in [0.25, 0.3) is 5.91 Å². The van der Waals surface area contributed by atoms with Gasteiger partial charge in [0.05, 0.1) is 0 Å². The lowest BCUT2D eigenvalue weighted by Gasteiger charge is -2.20. The highest BCUT2D eigenvalue weighted by Crippen LogP contribution is 2.34. The number of nitrogens with two attached hydrogens (primary N) is 1. The smallest absolute Gasteiger partial charge is 0.259 e. The zero-order valence-corrected chi connectivity index (χ0v) is 10.4. The van der Waals surface area contributed by atoms with E-state index >= 15 is 0 Å². The molecule has 1 amide bonds. The zero-order chi connectivity index (χ0) is 14.0. The summed E-state index contributed by atoms with van der Waals surface area (Å²) in [7, 11) is 0. The number of carbonyl (C=O) groups is 1. The molecule has 0 bridgehead atoms. The summed E-state index contributed by atoms with van der Waals surface area (Å²) >= 11 is 0. The average molecular weight is 261 g/mol. The first-order valence-electron chi connectivity index (χ1n) is 5.77. The van der Waals surface area contributed by atoms with Crippen molar-refractivity contribution in [2.75, 3.05) is 0 Å². The Morgan fingerprint density at radius 1 is 1.11 bits per heavy atom. The molecule has 2 rings (SSSR count). The van der Waals surface area contributed by atoms with E-state index in [1.165, 1.54) is 30.3 Å². The maximum Gasteiger partial charge on any atom is 0.259 e. The van der Waals surface area contributed by atoms with E-state index in [9.17, 15) is 13.6 Å². The summed E-state index contributed by atoms with van der Waals surface area (Å²) in [5, 5.41) is 0. The quantitative estimate of drug-likeness (QED) is 0.906. The Morgan fingerprint density at radius 2 is 1.68 bits per heavy atom. The Bertz CT molecular complexity index is 606. The summed E-state index contributed by atoms with van der Waals surface area (Å²) in [6.45, 7) is 1.12. The fourth-order valence-corrected chi connectivity index (χ4v) is 1.91. The molecule has 0 saturated heterocycles. The minimum Gasteiger partial charge on any atom is -0.367 e. The van der Waals surface area contributed by atoms with Crippen LogP contribution in [0.2, 0.25) is 0 Å². The standard InChI is InChI=1S/C15H13F2NO/c1-15(17,14(18)19)13-5-3-2-4-12(13)10-6-8-11(16)9-7-10/h2-9H,1H3,(H2,18,19). The first kappa shape index (κ1) is 13.2. The predicted molar refractivity (Wildman–Crippen MR) is 69.5 cm³/mol. The van der Waals surface area contributed by atoms with Crippen LogP contribution in [-0.2, 0) is 10.5 Å². The van der Waals surface area contributed by atoms with Crippen LogP contribution < -0.4 is 5.73 Å². The molecule has 1 atom stereocenters. The van der Waals surface area contributed by atoms with Gasteiger partial charge in [0, 0.05) is 5.56 Å². The van der Waals surface area contributed by atoms with Gasteiger partial charge in [0.2, 0.25) is 5.67 Å². The topological polar surface area (TPSA) is 43.1 Å². The molecular weight excluding hydrogens is 248 g/mol. The van der Waals surface area contributed by atoms with Gasteiger partial charge in [-0.05, 0) is 30.2 Å². The van der Waals surface area contributed by atoms with Crippen molar-refractivity contribution < 1.29 is 13.6 Å². The number of primary amides is 1. The van der Waals surface area contributed by atoms with Crippen molar-refractivity contribution in [2.45, 2.75) is 12.6 Å².